The number of anilines is 1. The highest BCUT2D eigenvalue weighted by molar-refractivity contribution is 5.92. The number of nitrogens with zero attached hydrogens (tertiary/aromatic N) is 4. The summed E-state index contributed by atoms with van der Waals surface area (Å²) in [6, 6.07) is 17.6. The Bertz CT molecular complexity index is 1590. The van der Waals surface area contributed by atoms with Crippen LogP contribution >= 0.6 is 0 Å². The van der Waals surface area contributed by atoms with Gasteiger partial charge in [0, 0.05) is 49.6 Å². The SMILES string of the molecule is CCN1CC[C@@H]1/C=C/C(=O)N1CCC[C@@H](c2cn(-c3ccc(Oc4ccccc4)cc3)c3c(N)n[nH]c(=O)c23)C1. The van der Waals surface area contributed by atoms with E-state index >= 15 is 0 Å². The van der Waals surface area contributed by atoms with Gasteiger partial charge in [0.2, 0.25) is 5.91 Å². The summed E-state index contributed by atoms with van der Waals surface area (Å²) in [6.07, 6.45) is 8.58. The highest BCUT2D eigenvalue weighted by Crippen LogP contribution is 2.35. The summed E-state index contributed by atoms with van der Waals surface area (Å²) in [5.74, 6) is 1.74. The number of carbonyl (C=O) groups excluding carboxylic acids is 1. The fourth-order valence-electron chi connectivity index (χ4n) is 5.85. The van der Waals surface area contributed by atoms with Crippen molar-refractivity contribution in [3.63, 3.8) is 0 Å². The molecule has 0 bridgehead atoms. The fraction of sp³-hybridized carbons (Fsp3) is 0.323. The highest BCUT2D eigenvalue weighted by Gasteiger charge is 2.29. The van der Waals surface area contributed by atoms with Crippen molar-refractivity contribution in [2.75, 3.05) is 31.9 Å². The number of rotatable bonds is 7. The Kier molecular flexibility index (Phi) is 7.13. The molecule has 2 aromatic heterocycles. The standard InChI is InChI=1S/C31H34N6O3/c1-2-35-18-16-22(35)12-15-27(38)36-17-6-7-21(19-36)26-20-37(29-28(26)31(39)34-33-30(29)32)23-10-13-25(14-11-23)40-24-8-4-3-5-9-24/h3-5,8-15,20-22H,2,6-7,16-19H2,1H3,(H2,32,33)(H,34,39)/b15-12+/t21-,22+/m1/s1. The number of aromatic nitrogens is 3. The van der Waals surface area contributed by atoms with Crippen LogP contribution in [0.4, 0.5) is 5.82 Å². The van der Waals surface area contributed by atoms with Gasteiger partial charge in [-0.3, -0.25) is 14.5 Å². The van der Waals surface area contributed by atoms with Crippen LogP contribution in [0.25, 0.3) is 16.6 Å². The number of H-pyrrole nitrogens is 1. The first kappa shape index (κ1) is 25.9. The zero-order valence-corrected chi connectivity index (χ0v) is 22.6. The molecular weight excluding hydrogens is 504 g/mol. The van der Waals surface area contributed by atoms with Crippen molar-refractivity contribution < 1.29 is 9.53 Å². The number of hydrogen-bond donors (Lipinski definition) is 2. The number of piperidine rings is 1. The summed E-state index contributed by atoms with van der Waals surface area (Å²) in [6.45, 7) is 5.49. The Morgan fingerprint density at radius 1 is 1.10 bits per heavy atom. The lowest BCUT2D eigenvalue weighted by atomic mass is 9.90. The van der Waals surface area contributed by atoms with Crippen LogP contribution in [0.15, 0.2) is 77.7 Å². The number of carbonyl (C=O) groups is 1. The number of nitrogens with two attached hydrogens (primary N) is 1. The Hall–Kier alpha value is -4.37. The van der Waals surface area contributed by atoms with E-state index in [1.807, 2.05) is 76.3 Å². The van der Waals surface area contributed by atoms with Gasteiger partial charge in [-0.15, -0.1) is 0 Å². The van der Waals surface area contributed by atoms with Gasteiger partial charge in [-0.25, -0.2) is 5.10 Å². The second-order valence-corrected chi connectivity index (χ2v) is 10.5. The molecule has 2 aliphatic rings. The molecule has 4 aromatic rings. The van der Waals surface area contributed by atoms with Crippen molar-refractivity contribution in [3.05, 3.63) is 88.9 Å². The smallest absolute Gasteiger partial charge is 0.274 e. The molecule has 9 heteroatoms. The number of fused-ring (bicyclic) bond motifs is 1. The quantitative estimate of drug-likeness (QED) is 0.337. The molecule has 0 saturated carbocycles. The van der Waals surface area contributed by atoms with Crippen LogP contribution < -0.4 is 16.0 Å². The maximum atomic E-state index is 13.1. The van der Waals surface area contributed by atoms with Crippen LogP contribution in [0, 0.1) is 0 Å². The molecule has 4 heterocycles. The lowest BCUT2D eigenvalue weighted by Gasteiger charge is -2.38. The number of nitrogens with one attached hydrogen (secondary N) is 1. The molecule has 2 aliphatic heterocycles. The number of amides is 1. The predicted molar refractivity (Wildman–Crippen MR) is 156 cm³/mol. The van der Waals surface area contributed by atoms with Crippen molar-refractivity contribution in [2.24, 2.45) is 0 Å². The minimum Gasteiger partial charge on any atom is -0.457 e. The van der Waals surface area contributed by atoms with Crippen molar-refractivity contribution in [3.8, 4) is 17.2 Å². The van der Waals surface area contributed by atoms with E-state index in [0.717, 1.165) is 49.4 Å². The first-order chi connectivity index (χ1) is 19.5. The van der Waals surface area contributed by atoms with Gasteiger partial charge in [-0.1, -0.05) is 31.2 Å². The average Bonchev–Trinajstić information content (AvgIpc) is 3.38. The maximum Gasteiger partial charge on any atom is 0.274 e. The molecule has 2 atom stereocenters. The normalized spacial score (nSPS) is 19.7. The van der Waals surface area contributed by atoms with Gasteiger partial charge >= 0.3 is 0 Å². The molecule has 0 aliphatic carbocycles. The lowest BCUT2D eigenvalue weighted by molar-refractivity contribution is -0.127. The lowest BCUT2D eigenvalue weighted by Crippen LogP contribution is -2.46. The van der Waals surface area contributed by atoms with Crippen LogP contribution in [0.2, 0.25) is 0 Å². The summed E-state index contributed by atoms with van der Waals surface area (Å²) < 4.78 is 7.87. The number of aromatic amines is 1. The number of likely N-dealkylation sites (tertiary alicyclic amines) is 2. The first-order valence-corrected chi connectivity index (χ1v) is 14.0. The summed E-state index contributed by atoms with van der Waals surface area (Å²) in [4.78, 5) is 30.4. The molecule has 2 saturated heterocycles. The molecule has 1 amide bonds. The molecule has 3 N–H and O–H groups in total. The summed E-state index contributed by atoms with van der Waals surface area (Å²) >= 11 is 0. The Balaban J connectivity index is 1.28. The fourth-order valence-corrected chi connectivity index (χ4v) is 5.85. The van der Waals surface area contributed by atoms with Gasteiger partial charge < -0.3 is 19.9 Å². The molecule has 2 fully saturated rings. The monoisotopic (exact) mass is 538 g/mol. The first-order valence-electron chi connectivity index (χ1n) is 14.0. The van der Waals surface area contributed by atoms with Gasteiger partial charge in [0.05, 0.1) is 5.39 Å². The van der Waals surface area contributed by atoms with Gasteiger partial charge in [0.25, 0.3) is 5.56 Å². The van der Waals surface area contributed by atoms with Crippen LogP contribution in [0.3, 0.4) is 0 Å². The summed E-state index contributed by atoms with van der Waals surface area (Å²) in [5, 5.41) is 7.13. The third kappa shape index (κ3) is 5.00. The van der Waals surface area contributed by atoms with E-state index in [9.17, 15) is 9.59 Å². The van der Waals surface area contributed by atoms with Crippen molar-refractivity contribution >= 4 is 22.6 Å². The van der Waals surface area contributed by atoms with Gasteiger partial charge in [0.1, 0.15) is 17.0 Å². The van der Waals surface area contributed by atoms with Crippen LogP contribution in [-0.4, -0.2) is 62.7 Å². The van der Waals surface area contributed by atoms with E-state index in [-0.39, 0.29) is 23.2 Å². The van der Waals surface area contributed by atoms with Crippen LogP contribution in [-0.2, 0) is 4.79 Å². The second kappa shape index (κ2) is 11.0. The largest absolute Gasteiger partial charge is 0.457 e. The number of hydrogen-bond acceptors (Lipinski definition) is 6. The number of benzene rings is 2. The van der Waals surface area contributed by atoms with Gasteiger partial charge in [-0.05, 0) is 67.8 Å². The number of para-hydroxylation sites is 1. The molecule has 40 heavy (non-hydrogen) atoms. The third-order valence-electron chi connectivity index (χ3n) is 8.10. The Labute approximate surface area is 232 Å². The van der Waals surface area contributed by atoms with Gasteiger partial charge in [0.15, 0.2) is 5.82 Å². The zero-order valence-electron chi connectivity index (χ0n) is 22.6. The Morgan fingerprint density at radius 2 is 1.88 bits per heavy atom. The van der Waals surface area contributed by atoms with E-state index in [2.05, 4.69) is 22.0 Å². The van der Waals surface area contributed by atoms with E-state index in [0.29, 0.717) is 35.8 Å². The zero-order chi connectivity index (χ0) is 27.6. The highest BCUT2D eigenvalue weighted by atomic mass is 16.5. The van der Waals surface area contributed by atoms with Crippen molar-refractivity contribution in [2.45, 2.75) is 38.1 Å². The van der Waals surface area contributed by atoms with Crippen LogP contribution in [0.5, 0.6) is 11.5 Å². The van der Waals surface area contributed by atoms with E-state index < -0.39 is 0 Å². The molecular formula is C31H34N6O3. The summed E-state index contributed by atoms with van der Waals surface area (Å²) in [7, 11) is 0. The maximum absolute atomic E-state index is 13.1. The summed E-state index contributed by atoms with van der Waals surface area (Å²) in [5.41, 5.74) is 8.33. The predicted octanol–water partition coefficient (Wildman–Crippen LogP) is 4.44. The minimum absolute atomic E-state index is 0.00859. The average molecular weight is 539 g/mol. The second-order valence-electron chi connectivity index (χ2n) is 10.5. The molecule has 9 nitrogen and oxygen atoms in total. The minimum atomic E-state index is -0.282. The van der Waals surface area contributed by atoms with E-state index in [1.165, 1.54) is 0 Å². The molecule has 0 unspecified atom stereocenters. The van der Waals surface area contributed by atoms with Crippen molar-refractivity contribution in [1.82, 2.24) is 24.6 Å². The van der Waals surface area contributed by atoms with Gasteiger partial charge in [-0.2, -0.15) is 5.10 Å². The Morgan fingerprint density at radius 3 is 2.60 bits per heavy atom. The molecule has 6 rings (SSSR count). The molecule has 0 radical (unpaired) electrons. The number of nitrogen functional groups attached to an aromatic ring is 1. The molecule has 2 aromatic carbocycles. The number of likely N-dealkylation sites (N-methyl/N-ethyl adjacent to an activating group) is 1. The van der Waals surface area contributed by atoms with E-state index in [1.54, 1.807) is 6.08 Å². The molecule has 0 spiro atoms. The third-order valence-corrected chi connectivity index (χ3v) is 8.10. The topological polar surface area (TPSA) is 109 Å². The van der Waals surface area contributed by atoms with Crippen LogP contribution in [0.1, 0.15) is 37.7 Å². The molecule has 206 valence electrons. The van der Waals surface area contributed by atoms with E-state index in [4.69, 9.17) is 10.5 Å². The number of ether oxygens (including phenoxy) is 1. The van der Waals surface area contributed by atoms with Crippen molar-refractivity contribution in [1.29, 1.82) is 0 Å².